The van der Waals surface area contributed by atoms with Gasteiger partial charge in [0.1, 0.15) is 29.1 Å². The molecule has 2 aromatic carbocycles. The minimum absolute atomic E-state index is 0.0165. The van der Waals surface area contributed by atoms with Crippen molar-refractivity contribution in [2.75, 3.05) is 12.0 Å². The summed E-state index contributed by atoms with van der Waals surface area (Å²) in [5.41, 5.74) is 1.82. The Morgan fingerprint density at radius 2 is 1.79 bits per heavy atom. The minimum atomic E-state index is -0.899. The van der Waals surface area contributed by atoms with Crippen LogP contribution in [0.25, 0.3) is 5.76 Å². The number of aliphatic hydroxyl groups excluding tert-OH is 1. The van der Waals surface area contributed by atoms with Crippen LogP contribution in [0.5, 0.6) is 5.75 Å². The predicted molar refractivity (Wildman–Crippen MR) is 129 cm³/mol. The minimum Gasteiger partial charge on any atom is -0.507 e. The van der Waals surface area contributed by atoms with Gasteiger partial charge in [0.25, 0.3) is 11.7 Å². The van der Waals surface area contributed by atoms with Crippen molar-refractivity contribution in [3.05, 3.63) is 87.3 Å². The van der Waals surface area contributed by atoms with E-state index < -0.39 is 17.7 Å². The quantitative estimate of drug-likeness (QED) is 0.255. The summed E-state index contributed by atoms with van der Waals surface area (Å²) in [6.45, 7) is 5.81. The number of carbonyl (C=O) groups excluding carboxylic acids is 2. The normalized spacial score (nSPS) is 17.8. The molecule has 1 fully saturated rings. The van der Waals surface area contributed by atoms with E-state index in [2.05, 4.69) is 15.9 Å². The Kier molecular flexibility index (Phi) is 6.17. The van der Waals surface area contributed by atoms with Crippen LogP contribution in [-0.2, 0) is 9.59 Å². The molecule has 1 amide bonds. The van der Waals surface area contributed by atoms with Gasteiger partial charge in [-0.25, -0.2) is 0 Å². The van der Waals surface area contributed by atoms with Crippen LogP contribution in [0.4, 0.5) is 5.69 Å². The average Bonchev–Trinajstić information content (AvgIpc) is 3.34. The Hall–Kier alpha value is -3.32. The molecule has 0 radical (unpaired) electrons. The molecule has 1 aliphatic heterocycles. The molecule has 33 heavy (non-hydrogen) atoms. The number of furan rings is 1. The Morgan fingerprint density at radius 1 is 1.09 bits per heavy atom. The molecule has 1 atom stereocenters. The standard InChI is InChI=1S/C26H24BrNO5/c1-14(2)19-13-16(6-12-20(19)32-4)24(29)22-23(21-11-5-15(3)33-21)28(26(31)25(22)30)18-9-7-17(27)8-10-18/h5-14,23,29H,1-4H3/b24-22-. The van der Waals surface area contributed by atoms with Crippen LogP contribution in [0, 0.1) is 6.92 Å². The molecular weight excluding hydrogens is 486 g/mol. The van der Waals surface area contributed by atoms with Crippen LogP contribution in [0.2, 0.25) is 0 Å². The third-order valence-electron chi connectivity index (χ3n) is 5.71. The smallest absolute Gasteiger partial charge is 0.300 e. The number of aliphatic hydroxyl groups is 1. The predicted octanol–water partition coefficient (Wildman–Crippen LogP) is 6.11. The van der Waals surface area contributed by atoms with Crippen LogP contribution in [0.1, 0.15) is 48.5 Å². The number of halogens is 1. The van der Waals surface area contributed by atoms with Gasteiger partial charge in [0.15, 0.2) is 0 Å². The van der Waals surface area contributed by atoms with Gasteiger partial charge in [0.2, 0.25) is 0 Å². The van der Waals surface area contributed by atoms with E-state index in [1.54, 1.807) is 68.6 Å². The highest BCUT2D eigenvalue weighted by molar-refractivity contribution is 9.10. The molecule has 1 aromatic heterocycles. The van der Waals surface area contributed by atoms with Crippen molar-refractivity contribution in [1.29, 1.82) is 0 Å². The van der Waals surface area contributed by atoms with E-state index in [1.165, 1.54) is 4.90 Å². The van der Waals surface area contributed by atoms with E-state index in [-0.39, 0.29) is 17.3 Å². The molecule has 4 rings (SSSR count). The largest absolute Gasteiger partial charge is 0.507 e. The summed E-state index contributed by atoms with van der Waals surface area (Å²) in [5.74, 6) is 0.103. The number of anilines is 1. The molecule has 6 nitrogen and oxygen atoms in total. The summed E-state index contributed by atoms with van der Waals surface area (Å²) in [4.78, 5) is 27.7. The number of amides is 1. The highest BCUT2D eigenvalue weighted by atomic mass is 79.9. The fraction of sp³-hybridized carbons (Fsp3) is 0.231. The van der Waals surface area contributed by atoms with E-state index in [9.17, 15) is 14.7 Å². The zero-order chi connectivity index (χ0) is 23.9. The maximum absolute atomic E-state index is 13.2. The van der Waals surface area contributed by atoms with Gasteiger partial charge in [-0.05, 0) is 73.0 Å². The fourth-order valence-electron chi connectivity index (χ4n) is 4.06. The molecule has 1 N–H and O–H groups in total. The lowest BCUT2D eigenvalue weighted by Gasteiger charge is -2.23. The first-order valence-corrected chi connectivity index (χ1v) is 11.3. The van der Waals surface area contributed by atoms with E-state index in [0.29, 0.717) is 28.5 Å². The van der Waals surface area contributed by atoms with Crippen molar-refractivity contribution in [2.45, 2.75) is 32.7 Å². The molecule has 0 spiro atoms. The molecule has 1 saturated heterocycles. The van der Waals surface area contributed by atoms with Crippen LogP contribution >= 0.6 is 15.9 Å². The fourth-order valence-corrected chi connectivity index (χ4v) is 4.32. The van der Waals surface area contributed by atoms with Crippen molar-refractivity contribution in [3.8, 4) is 5.75 Å². The number of nitrogens with zero attached hydrogens (tertiary/aromatic N) is 1. The van der Waals surface area contributed by atoms with Crippen molar-refractivity contribution in [2.24, 2.45) is 0 Å². The summed E-state index contributed by atoms with van der Waals surface area (Å²) in [6, 6.07) is 14.9. The number of ketones is 1. The highest BCUT2D eigenvalue weighted by Gasteiger charge is 2.48. The molecule has 2 heterocycles. The van der Waals surface area contributed by atoms with Crippen molar-refractivity contribution >= 4 is 39.1 Å². The van der Waals surface area contributed by atoms with Gasteiger partial charge in [-0.15, -0.1) is 0 Å². The average molecular weight is 510 g/mol. The molecule has 0 saturated carbocycles. The summed E-state index contributed by atoms with van der Waals surface area (Å²) >= 11 is 3.39. The lowest BCUT2D eigenvalue weighted by Crippen LogP contribution is -2.29. The lowest BCUT2D eigenvalue weighted by atomic mass is 9.95. The second kappa shape index (κ2) is 8.90. The van der Waals surface area contributed by atoms with Crippen LogP contribution in [0.3, 0.4) is 0 Å². The number of Topliss-reactive ketones (excluding diaryl/α,β-unsaturated/α-hetero) is 1. The van der Waals surface area contributed by atoms with Gasteiger partial charge in [0, 0.05) is 15.7 Å². The number of benzene rings is 2. The first-order chi connectivity index (χ1) is 15.7. The van der Waals surface area contributed by atoms with E-state index >= 15 is 0 Å². The Morgan fingerprint density at radius 3 is 2.36 bits per heavy atom. The van der Waals surface area contributed by atoms with Gasteiger partial charge in [-0.1, -0.05) is 29.8 Å². The van der Waals surface area contributed by atoms with Gasteiger partial charge >= 0.3 is 0 Å². The van der Waals surface area contributed by atoms with E-state index in [4.69, 9.17) is 9.15 Å². The van der Waals surface area contributed by atoms with Gasteiger partial charge in [-0.2, -0.15) is 0 Å². The van der Waals surface area contributed by atoms with Gasteiger partial charge in [0.05, 0.1) is 12.7 Å². The zero-order valence-electron chi connectivity index (χ0n) is 18.8. The molecule has 3 aromatic rings. The first kappa shape index (κ1) is 22.9. The zero-order valence-corrected chi connectivity index (χ0v) is 20.3. The topological polar surface area (TPSA) is 80.0 Å². The molecule has 0 bridgehead atoms. The third-order valence-corrected chi connectivity index (χ3v) is 6.23. The number of aryl methyl sites for hydroxylation is 1. The molecule has 0 aliphatic carbocycles. The second-order valence-corrected chi connectivity index (χ2v) is 9.12. The lowest BCUT2D eigenvalue weighted by molar-refractivity contribution is -0.132. The number of rotatable bonds is 5. The Balaban J connectivity index is 1.93. The molecular formula is C26H24BrNO5. The second-order valence-electron chi connectivity index (χ2n) is 8.21. The van der Waals surface area contributed by atoms with Crippen molar-refractivity contribution < 1.29 is 23.8 Å². The molecule has 1 aliphatic rings. The monoisotopic (exact) mass is 509 g/mol. The molecule has 170 valence electrons. The maximum atomic E-state index is 13.2. The van der Waals surface area contributed by atoms with Crippen molar-refractivity contribution in [3.63, 3.8) is 0 Å². The van der Waals surface area contributed by atoms with Crippen molar-refractivity contribution in [1.82, 2.24) is 0 Å². The van der Waals surface area contributed by atoms with E-state index in [0.717, 1.165) is 10.0 Å². The van der Waals surface area contributed by atoms with Crippen LogP contribution < -0.4 is 9.64 Å². The van der Waals surface area contributed by atoms with Crippen LogP contribution in [0.15, 0.2) is 69.1 Å². The van der Waals surface area contributed by atoms with Gasteiger partial charge in [-0.3, -0.25) is 14.5 Å². The maximum Gasteiger partial charge on any atom is 0.300 e. The Labute approximate surface area is 200 Å². The number of ether oxygens (including phenoxy) is 1. The number of hydrogen-bond acceptors (Lipinski definition) is 5. The number of carbonyl (C=O) groups is 2. The molecule has 7 heteroatoms. The van der Waals surface area contributed by atoms with E-state index in [1.807, 2.05) is 13.8 Å². The summed E-state index contributed by atoms with van der Waals surface area (Å²) < 4.78 is 12.1. The summed E-state index contributed by atoms with van der Waals surface area (Å²) in [6.07, 6.45) is 0. The van der Waals surface area contributed by atoms with Crippen LogP contribution in [-0.4, -0.2) is 23.9 Å². The summed E-state index contributed by atoms with van der Waals surface area (Å²) in [7, 11) is 1.59. The first-order valence-electron chi connectivity index (χ1n) is 10.5. The van der Waals surface area contributed by atoms with Gasteiger partial charge < -0.3 is 14.3 Å². The number of methoxy groups -OCH3 is 1. The third kappa shape index (κ3) is 4.09. The molecule has 1 unspecified atom stereocenters. The highest BCUT2D eigenvalue weighted by Crippen LogP contribution is 2.43. The SMILES string of the molecule is COc1ccc(/C(O)=C2/C(=O)C(=O)N(c3ccc(Br)cc3)C2c2ccc(C)o2)cc1C(C)C. The summed E-state index contributed by atoms with van der Waals surface area (Å²) in [5, 5.41) is 11.3. The Bertz CT molecular complexity index is 1260. The number of hydrogen-bond donors (Lipinski definition) is 1.